The maximum atomic E-state index is 12.4. The maximum absolute atomic E-state index is 12.4. The topological polar surface area (TPSA) is 59.5 Å². The van der Waals surface area contributed by atoms with Gasteiger partial charge in [-0.2, -0.15) is 0 Å². The smallest absolute Gasteiger partial charge is 0.235 e. The molecule has 0 aliphatic carbocycles. The molecule has 1 aliphatic rings. The number of rotatable bonds is 4. The van der Waals surface area contributed by atoms with Crippen molar-refractivity contribution in [2.45, 2.75) is 18.8 Å². The van der Waals surface area contributed by atoms with Gasteiger partial charge in [0.25, 0.3) is 0 Å². The number of hydrogen-bond donors (Lipinski definition) is 0. The second-order valence-corrected chi connectivity index (χ2v) is 5.48. The number of terminal acetylenes is 1. The highest BCUT2D eigenvalue weighted by Crippen LogP contribution is 2.32. The summed E-state index contributed by atoms with van der Waals surface area (Å²) in [5.74, 6) is 2.85. The summed E-state index contributed by atoms with van der Waals surface area (Å²) in [5.41, 5.74) is 0.936. The SMILES string of the molecule is C#CCOc1ccc(C2CC(=O)N(c3ccccn3)C(=O)C2)cc1. The molecule has 1 aliphatic heterocycles. The molecule has 2 heterocycles. The lowest BCUT2D eigenvalue weighted by Crippen LogP contribution is -2.43. The van der Waals surface area contributed by atoms with Crippen LogP contribution in [0.3, 0.4) is 0 Å². The van der Waals surface area contributed by atoms with E-state index in [0.29, 0.717) is 11.6 Å². The third-order valence-electron chi connectivity index (χ3n) is 3.89. The molecule has 120 valence electrons. The number of carbonyl (C=O) groups excluding carboxylic acids is 2. The highest BCUT2D eigenvalue weighted by atomic mass is 16.5. The monoisotopic (exact) mass is 320 g/mol. The van der Waals surface area contributed by atoms with E-state index in [-0.39, 0.29) is 37.2 Å². The van der Waals surface area contributed by atoms with Crippen LogP contribution >= 0.6 is 0 Å². The number of aromatic nitrogens is 1. The lowest BCUT2D eigenvalue weighted by molar-refractivity contribution is -0.129. The van der Waals surface area contributed by atoms with Crippen molar-refractivity contribution in [1.29, 1.82) is 0 Å². The second-order valence-electron chi connectivity index (χ2n) is 5.48. The summed E-state index contributed by atoms with van der Waals surface area (Å²) in [6, 6.07) is 12.5. The maximum Gasteiger partial charge on any atom is 0.235 e. The van der Waals surface area contributed by atoms with E-state index in [9.17, 15) is 9.59 Å². The molecule has 0 bridgehead atoms. The minimum absolute atomic E-state index is 0.133. The van der Waals surface area contributed by atoms with Crippen molar-refractivity contribution in [3.05, 3.63) is 54.2 Å². The number of piperidine rings is 1. The summed E-state index contributed by atoms with van der Waals surface area (Å²) < 4.78 is 5.33. The zero-order valence-electron chi connectivity index (χ0n) is 13.0. The summed E-state index contributed by atoms with van der Waals surface area (Å²) in [4.78, 5) is 30.1. The van der Waals surface area contributed by atoms with Crippen LogP contribution in [-0.2, 0) is 9.59 Å². The van der Waals surface area contributed by atoms with Crippen LogP contribution in [0, 0.1) is 12.3 Å². The van der Waals surface area contributed by atoms with Gasteiger partial charge in [-0.3, -0.25) is 9.59 Å². The molecule has 2 amide bonds. The third kappa shape index (κ3) is 3.28. The molecule has 0 radical (unpaired) electrons. The Hall–Kier alpha value is -3.13. The first-order chi connectivity index (χ1) is 11.7. The quantitative estimate of drug-likeness (QED) is 0.641. The number of carbonyl (C=O) groups is 2. The molecule has 3 rings (SSSR count). The van der Waals surface area contributed by atoms with E-state index in [1.54, 1.807) is 36.5 Å². The van der Waals surface area contributed by atoms with Gasteiger partial charge >= 0.3 is 0 Å². The molecule has 0 saturated carbocycles. The molecule has 2 aromatic rings. The van der Waals surface area contributed by atoms with Crippen molar-refractivity contribution in [2.75, 3.05) is 11.5 Å². The van der Waals surface area contributed by atoms with Gasteiger partial charge in [0.2, 0.25) is 11.8 Å². The van der Waals surface area contributed by atoms with Crippen molar-refractivity contribution < 1.29 is 14.3 Å². The van der Waals surface area contributed by atoms with Crippen LogP contribution in [0.4, 0.5) is 5.82 Å². The molecule has 1 fully saturated rings. The highest BCUT2D eigenvalue weighted by Gasteiger charge is 2.34. The Kier molecular flexibility index (Phi) is 4.57. The molecule has 0 unspecified atom stereocenters. The van der Waals surface area contributed by atoms with Gasteiger partial charge in [0.05, 0.1) is 0 Å². The van der Waals surface area contributed by atoms with Gasteiger partial charge in [-0.15, -0.1) is 6.42 Å². The third-order valence-corrected chi connectivity index (χ3v) is 3.89. The molecular formula is C19H16N2O3. The van der Waals surface area contributed by atoms with E-state index in [0.717, 1.165) is 5.56 Å². The first kappa shape index (κ1) is 15.8. The lowest BCUT2D eigenvalue weighted by atomic mass is 9.88. The molecule has 5 heteroatoms. The standard InChI is InChI=1S/C19H16N2O3/c1-2-11-24-16-8-6-14(7-9-16)15-12-18(22)21(19(23)13-15)17-5-3-4-10-20-17/h1,3-10,15H,11-13H2. The summed E-state index contributed by atoms with van der Waals surface area (Å²) in [5, 5.41) is 0. The highest BCUT2D eigenvalue weighted by molar-refractivity contribution is 6.16. The molecule has 24 heavy (non-hydrogen) atoms. The fourth-order valence-electron chi connectivity index (χ4n) is 2.75. The van der Waals surface area contributed by atoms with E-state index < -0.39 is 0 Å². The van der Waals surface area contributed by atoms with Gasteiger partial charge < -0.3 is 4.74 Å². The molecule has 0 atom stereocenters. The Morgan fingerprint density at radius 3 is 2.42 bits per heavy atom. The summed E-state index contributed by atoms with van der Waals surface area (Å²) in [6.45, 7) is 0.207. The zero-order valence-corrected chi connectivity index (χ0v) is 13.0. The number of ether oxygens (including phenoxy) is 1. The molecular weight excluding hydrogens is 304 g/mol. The Morgan fingerprint density at radius 2 is 1.83 bits per heavy atom. The Balaban J connectivity index is 1.73. The van der Waals surface area contributed by atoms with Crippen LogP contribution in [0.2, 0.25) is 0 Å². The summed E-state index contributed by atoms with van der Waals surface area (Å²) in [6.07, 6.45) is 7.26. The van der Waals surface area contributed by atoms with Crippen molar-refractivity contribution in [3.63, 3.8) is 0 Å². The van der Waals surface area contributed by atoms with Crippen molar-refractivity contribution in [3.8, 4) is 18.1 Å². The van der Waals surface area contributed by atoms with Gasteiger partial charge in [0.15, 0.2) is 0 Å². The van der Waals surface area contributed by atoms with Crippen molar-refractivity contribution in [1.82, 2.24) is 4.98 Å². The van der Waals surface area contributed by atoms with Gasteiger partial charge in [0, 0.05) is 25.0 Å². The van der Waals surface area contributed by atoms with Crippen LogP contribution in [0.1, 0.15) is 24.3 Å². The molecule has 0 N–H and O–H groups in total. The second kappa shape index (κ2) is 6.97. The van der Waals surface area contributed by atoms with Gasteiger partial charge in [-0.05, 0) is 29.8 Å². The van der Waals surface area contributed by atoms with Gasteiger partial charge in [-0.1, -0.05) is 24.1 Å². The number of pyridine rings is 1. The normalized spacial score (nSPS) is 15.2. The fourth-order valence-corrected chi connectivity index (χ4v) is 2.75. The van der Waals surface area contributed by atoms with Crippen LogP contribution in [0.5, 0.6) is 5.75 Å². The number of benzene rings is 1. The molecule has 1 aromatic carbocycles. The fraction of sp³-hybridized carbons (Fsp3) is 0.211. The lowest BCUT2D eigenvalue weighted by Gasteiger charge is -2.29. The zero-order chi connectivity index (χ0) is 16.9. The van der Waals surface area contributed by atoms with Gasteiger partial charge in [-0.25, -0.2) is 9.88 Å². The van der Waals surface area contributed by atoms with Crippen LogP contribution in [0.15, 0.2) is 48.7 Å². The first-order valence-corrected chi connectivity index (χ1v) is 7.62. The van der Waals surface area contributed by atoms with E-state index in [1.165, 1.54) is 4.90 Å². The van der Waals surface area contributed by atoms with E-state index in [2.05, 4.69) is 10.9 Å². The molecule has 5 nitrogen and oxygen atoms in total. The van der Waals surface area contributed by atoms with Crippen molar-refractivity contribution >= 4 is 17.6 Å². The number of imide groups is 1. The average molecular weight is 320 g/mol. The van der Waals surface area contributed by atoms with Crippen LogP contribution in [-0.4, -0.2) is 23.4 Å². The van der Waals surface area contributed by atoms with Crippen LogP contribution < -0.4 is 9.64 Å². The predicted molar refractivity (Wildman–Crippen MR) is 89.5 cm³/mol. The predicted octanol–water partition coefficient (Wildman–Crippen LogP) is 2.53. The Bertz CT molecular complexity index is 761. The molecule has 0 spiro atoms. The van der Waals surface area contributed by atoms with Gasteiger partial charge in [0.1, 0.15) is 18.2 Å². The number of hydrogen-bond acceptors (Lipinski definition) is 4. The van der Waals surface area contributed by atoms with Crippen LogP contribution in [0.25, 0.3) is 0 Å². The Labute approximate surface area is 140 Å². The minimum Gasteiger partial charge on any atom is -0.481 e. The molecule has 1 aromatic heterocycles. The van der Waals surface area contributed by atoms with E-state index >= 15 is 0 Å². The number of amides is 2. The average Bonchev–Trinajstić information content (AvgIpc) is 2.61. The number of nitrogens with zero attached hydrogens (tertiary/aromatic N) is 2. The van der Waals surface area contributed by atoms with E-state index in [4.69, 9.17) is 11.2 Å². The summed E-state index contributed by atoms with van der Waals surface area (Å²) in [7, 11) is 0. The summed E-state index contributed by atoms with van der Waals surface area (Å²) >= 11 is 0. The molecule has 1 saturated heterocycles. The Morgan fingerprint density at radius 1 is 1.12 bits per heavy atom. The number of anilines is 1. The first-order valence-electron chi connectivity index (χ1n) is 7.62. The van der Waals surface area contributed by atoms with Crippen molar-refractivity contribution in [2.24, 2.45) is 0 Å². The minimum atomic E-state index is -0.234. The largest absolute Gasteiger partial charge is 0.481 e. The van der Waals surface area contributed by atoms with E-state index in [1.807, 2.05) is 12.1 Å².